The Kier molecular flexibility index (Phi) is 2.44. The Bertz CT molecular complexity index is 615. The van der Waals surface area contributed by atoms with Gasteiger partial charge in [-0.25, -0.2) is 0 Å². The zero-order chi connectivity index (χ0) is 12.7. The summed E-state index contributed by atoms with van der Waals surface area (Å²) >= 11 is 0. The van der Waals surface area contributed by atoms with Crippen LogP contribution in [0.1, 0.15) is 29.5 Å². The number of fused-ring (bicyclic) bond motifs is 3. The molecule has 0 bridgehead atoms. The number of para-hydroxylation sites is 1. The summed E-state index contributed by atoms with van der Waals surface area (Å²) in [6.45, 7) is 0. The van der Waals surface area contributed by atoms with Gasteiger partial charge in [-0.2, -0.15) is 0 Å². The predicted octanol–water partition coefficient (Wildman–Crippen LogP) is 4.51. The fourth-order valence-electron chi connectivity index (χ4n) is 3.53. The minimum atomic E-state index is 0.427. The molecule has 0 fully saturated rings. The van der Waals surface area contributed by atoms with Crippen molar-refractivity contribution in [3.05, 3.63) is 77.9 Å². The number of hydrogen-bond donors (Lipinski definition) is 1. The van der Waals surface area contributed by atoms with Crippen molar-refractivity contribution in [2.75, 3.05) is 5.32 Å². The van der Waals surface area contributed by atoms with Gasteiger partial charge in [0.2, 0.25) is 0 Å². The summed E-state index contributed by atoms with van der Waals surface area (Å²) in [7, 11) is 0. The second kappa shape index (κ2) is 4.27. The predicted molar refractivity (Wildman–Crippen MR) is 79.2 cm³/mol. The molecular formula is C18H17N. The lowest BCUT2D eigenvalue weighted by molar-refractivity contribution is 0.425. The van der Waals surface area contributed by atoms with Crippen LogP contribution in [0.3, 0.4) is 0 Å². The van der Waals surface area contributed by atoms with Gasteiger partial charge < -0.3 is 5.32 Å². The summed E-state index contributed by atoms with van der Waals surface area (Å²) in [6, 6.07) is 20.0. The second-order valence-electron chi connectivity index (χ2n) is 5.47. The molecule has 19 heavy (non-hydrogen) atoms. The van der Waals surface area contributed by atoms with E-state index < -0.39 is 0 Å². The van der Waals surface area contributed by atoms with Crippen molar-refractivity contribution in [1.82, 2.24) is 0 Å². The van der Waals surface area contributed by atoms with Gasteiger partial charge in [0, 0.05) is 11.6 Å². The smallest absolute Gasteiger partial charge is 0.0553 e. The Hall–Kier alpha value is -2.02. The van der Waals surface area contributed by atoms with Crippen LogP contribution in [0.4, 0.5) is 5.69 Å². The molecule has 1 heteroatoms. The summed E-state index contributed by atoms with van der Waals surface area (Å²) in [6.07, 6.45) is 5.90. The van der Waals surface area contributed by atoms with Gasteiger partial charge >= 0.3 is 0 Å². The van der Waals surface area contributed by atoms with Crippen LogP contribution >= 0.6 is 0 Å². The van der Waals surface area contributed by atoms with Crippen LogP contribution in [-0.4, -0.2) is 0 Å². The molecular weight excluding hydrogens is 230 g/mol. The number of nitrogens with one attached hydrogen (secondary N) is 1. The van der Waals surface area contributed by atoms with Gasteiger partial charge in [-0.1, -0.05) is 60.7 Å². The van der Waals surface area contributed by atoms with Crippen molar-refractivity contribution >= 4 is 5.69 Å². The average molecular weight is 247 g/mol. The van der Waals surface area contributed by atoms with E-state index in [0.29, 0.717) is 17.9 Å². The van der Waals surface area contributed by atoms with Crippen LogP contribution < -0.4 is 5.32 Å². The standard InChI is InChI=1S/C18H17N/c1-2-7-13(8-3-1)18-16-11-6-10-14(16)15-9-4-5-12-17(15)19-18/h1-10,12,14,16,18-19H,11H2/t14-,16-,18-/m0/s1. The molecule has 4 rings (SSSR count). The number of hydrogen-bond acceptors (Lipinski definition) is 1. The third kappa shape index (κ3) is 1.69. The third-order valence-corrected chi connectivity index (χ3v) is 4.43. The van der Waals surface area contributed by atoms with Gasteiger partial charge in [0.25, 0.3) is 0 Å². The molecule has 1 aliphatic heterocycles. The topological polar surface area (TPSA) is 12.0 Å². The van der Waals surface area contributed by atoms with E-state index in [4.69, 9.17) is 0 Å². The highest BCUT2D eigenvalue weighted by molar-refractivity contribution is 5.59. The van der Waals surface area contributed by atoms with Crippen molar-refractivity contribution in [3.8, 4) is 0 Å². The van der Waals surface area contributed by atoms with Crippen molar-refractivity contribution in [3.63, 3.8) is 0 Å². The lowest BCUT2D eigenvalue weighted by Crippen LogP contribution is -2.28. The Balaban J connectivity index is 1.80. The molecule has 0 unspecified atom stereocenters. The lowest BCUT2D eigenvalue weighted by Gasteiger charge is -2.37. The van der Waals surface area contributed by atoms with Gasteiger partial charge in [0.15, 0.2) is 0 Å². The van der Waals surface area contributed by atoms with Gasteiger partial charge in [-0.3, -0.25) is 0 Å². The Morgan fingerprint density at radius 2 is 1.68 bits per heavy atom. The van der Waals surface area contributed by atoms with E-state index in [2.05, 4.69) is 72.1 Å². The maximum absolute atomic E-state index is 3.74. The van der Waals surface area contributed by atoms with Gasteiger partial charge in [0.1, 0.15) is 0 Å². The molecule has 1 nitrogen and oxygen atoms in total. The molecule has 0 saturated heterocycles. The van der Waals surface area contributed by atoms with E-state index in [9.17, 15) is 0 Å². The molecule has 2 aromatic rings. The maximum atomic E-state index is 3.74. The second-order valence-corrected chi connectivity index (χ2v) is 5.47. The molecule has 2 aliphatic rings. The van der Waals surface area contributed by atoms with Crippen molar-refractivity contribution in [2.24, 2.45) is 5.92 Å². The molecule has 1 N–H and O–H groups in total. The van der Waals surface area contributed by atoms with E-state index in [1.54, 1.807) is 0 Å². The first kappa shape index (κ1) is 10.9. The summed E-state index contributed by atoms with van der Waals surface area (Å²) in [5.41, 5.74) is 4.15. The van der Waals surface area contributed by atoms with Crippen molar-refractivity contribution in [1.29, 1.82) is 0 Å². The van der Waals surface area contributed by atoms with Gasteiger partial charge in [0.05, 0.1) is 6.04 Å². The fourth-order valence-corrected chi connectivity index (χ4v) is 3.53. The summed E-state index contributed by atoms with van der Waals surface area (Å²) in [5.74, 6) is 1.22. The first-order chi connectivity index (χ1) is 9.43. The molecule has 0 aromatic heterocycles. The fraction of sp³-hybridized carbons (Fsp3) is 0.222. The molecule has 0 spiro atoms. The minimum absolute atomic E-state index is 0.427. The number of benzene rings is 2. The van der Waals surface area contributed by atoms with E-state index in [0.717, 1.165) is 0 Å². The van der Waals surface area contributed by atoms with Crippen LogP contribution in [0.25, 0.3) is 0 Å². The Morgan fingerprint density at radius 3 is 2.58 bits per heavy atom. The van der Waals surface area contributed by atoms with Crippen LogP contribution in [0.2, 0.25) is 0 Å². The lowest BCUT2D eigenvalue weighted by atomic mass is 9.77. The summed E-state index contributed by atoms with van der Waals surface area (Å²) in [5, 5.41) is 3.74. The average Bonchev–Trinajstić information content (AvgIpc) is 2.97. The highest BCUT2D eigenvalue weighted by Crippen LogP contribution is 2.49. The van der Waals surface area contributed by atoms with Crippen LogP contribution in [0.15, 0.2) is 66.7 Å². The SMILES string of the molecule is C1=C[C@H]2c3ccccc3N[C@@H](c3ccccc3)[C@H]2C1. The molecule has 0 radical (unpaired) electrons. The van der Waals surface area contributed by atoms with E-state index in [1.165, 1.54) is 23.2 Å². The Labute approximate surface area is 114 Å². The monoisotopic (exact) mass is 247 g/mol. The molecule has 2 aromatic carbocycles. The molecule has 1 heterocycles. The minimum Gasteiger partial charge on any atom is -0.378 e. The highest BCUT2D eigenvalue weighted by atomic mass is 15.0. The Morgan fingerprint density at radius 1 is 0.895 bits per heavy atom. The first-order valence-corrected chi connectivity index (χ1v) is 7.00. The first-order valence-electron chi connectivity index (χ1n) is 7.00. The zero-order valence-electron chi connectivity index (χ0n) is 10.8. The summed E-state index contributed by atoms with van der Waals surface area (Å²) in [4.78, 5) is 0. The quantitative estimate of drug-likeness (QED) is 0.731. The van der Waals surface area contributed by atoms with Crippen LogP contribution in [-0.2, 0) is 0 Å². The maximum Gasteiger partial charge on any atom is 0.0553 e. The largest absolute Gasteiger partial charge is 0.378 e. The zero-order valence-corrected chi connectivity index (χ0v) is 10.8. The number of rotatable bonds is 1. The van der Waals surface area contributed by atoms with Crippen LogP contribution in [0, 0.1) is 5.92 Å². The molecule has 0 amide bonds. The van der Waals surface area contributed by atoms with Gasteiger partial charge in [-0.05, 0) is 29.5 Å². The van der Waals surface area contributed by atoms with Crippen molar-refractivity contribution < 1.29 is 0 Å². The van der Waals surface area contributed by atoms with Crippen LogP contribution in [0.5, 0.6) is 0 Å². The third-order valence-electron chi connectivity index (χ3n) is 4.43. The molecule has 0 saturated carbocycles. The molecule has 3 atom stereocenters. The van der Waals surface area contributed by atoms with Gasteiger partial charge in [-0.15, -0.1) is 0 Å². The van der Waals surface area contributed by atoms with E-state index in [1.807, 2.05) is 0 Å². The molecule has 94 valence electrons. The normalized spacial score (nSPS) is 27.5. The number of anilines is 1. The number of allylic oxidation sites excluding steroid dienone is 2. The summed E-state index contributed by atoms with van der Waals surface area (Å²) < 4.78 is 0. The van der Waals surface area contributed by atoms with E-state index in [-0.39, 0.29) is 0 Å². The highest BCUT2D eigenvalue weighted by Gasteiger charge is 2.37. The van der Waals surface area contributed by atoms with Crippen molar-refractivity contribution in [2.45, 2.75) is 18.4 Å². The molecule has 1 aliphatic carbocycles. The van der Waals surface area contributed by atoms with E-state index >= 15 is 0 Å².